The molecule has 1 fully saturated rings. The average Bonchev–Trinajstić information content (AvgIpc) is 1.94. The summed E-state index contributed by atoms with van der Waals surface area (Å²) in [6.45, 7) is 0.615. The summed E-state index contributed by atoms with van der Waals surface area (Å²) in [5, 5.41) is 13.6. The van der Waals surface area contributed by atoms with Crippen LogP contribution >= 0.6 is 0 Å². The number of piperidine rings is 1. The fourth-order valence-corrected chi connectivity index (χ4v) is 1.08. The van der Waals surface area contributed by atoms with E-state index in [2.05, 4.69) is 10.0 Å². The van der Waals surface area contributed by atoms with Crippen molar-refractivity contribution in [2.24, 2.45) is 5.11 Å². The van der Waals surface area contributed by atoms with Gasteiger partial charge in [-0.1, -0.05) is 11.5 Å². The lowest BCUT2D eigenvalue weighted by atomic mass is 10.1. The van der Waals surface area contributed by atoms with Crippen LogP contribution in [0.3, 0.4) is 0 Å². The molecule has 5 nitrogen and oxygen atoms in total. The Balaban J connectivity index is 2.47. The Kier molecular flexibility index (Phi) is 2.50. The molecule has 1 atom stereocenters. The van der Waals surface area contributed by atoms with Gasteiger partial charge in [0.15, 0.2) is 0 Å². The molecule has 10 heavy (non-hydrogen) atoms. The van der Waals surface area contributed by atoms with E-state index < -0.39 is 0 Å². The van der Waals surface area contributed by atoms with Gasteiger partial charge in [-0.05, 0) is 18.4 Å². The topological polar surface area (TPSA) is 72.2 Å². The minimum absolute atomic E-state index is 0.334. The molecule has 1 N–H and O–H groups in total. The third-order valence-electron chi connectivity index (χ3n) is 1.63. The second-order valence-corrected chi connectivity index (χ2v) is 2.34. The Labute approximate surface area is 58.8 Å². The van der Waals surface area contributed by atoms with Crippen LogP contribution in [0.15, 0.2) is 5.11 Å². The van der Waals surface area contributed by atoms with Crippen molar-refractivity contribution in [2.75, 3.05) is 6.54 Å². The van der Waals surface area contributed by atoms with Gasteiger partial charge in [-0.25, -0.2) is 0 Å². The van der Waals surface area contributed by atoms with Crippen molar-refractivity contribution < 1.29 is 5.21 Å². The third-order valence-corrected chi connectivity index (χ3v) is 1.63. The molecule has 0 aliphatic carbocycles. The largest absolute Gasteiger partial charge is 0.314 e. The Hall–Kier alpha value is -0.770. The van der Waals surface area contributed by atoms with E-state index in [1.54, 1.807) is 0 Å². The lowest BCUT2D eigenvalue weighted by molar-refractivity contribution is -0.139. The van der Waals surface area contributed by atoms with Gasteiger partial charge in [0.1, 0.15) is 6.17 Å². The summed E-state index contributed by atoms with van der Waals surface area (Å²) in [6, 6.07) is 0. The molecule has 1 rings (SSSR count). The summed E-state index contributed by atoms with van der Waals surface area (Å²) >= 11 is 0. The number of hydroxylamine groups is 2. The zero-order valence-electron chi connectivity index (χ0n) is 5.64. The minimum Gasteiger partial charge on any atom is -0.314 e. The fraction of sp³-hybridized carbons (Fsp3) is 1.00. The van der Waals surface area contributed by atoms with Gasteiger partial charge in [-0.3, -0.25) is 0 Å². The SMILES string of the molecule is [N-]=[N+]=NC1CCCCN1O. The maximum Gasteiger partial charge on any atom is 0.114 e. The van der Waals surface area contributed by atoms with Crippen molar-refractivity contribution >= 4 is 0 Å². The van der Waals surface area contributed by atoms with E-state index in [-0.39, 0.29) is 6.17 Å². The molecule has 0 saturated carbocycles. The monoisotopic (exact) mass is 142 g/mol. The summed E-state index contributed by atoms with van der Waals surface area (Å²) in [4.78, 5) is 2.63. The van der Waals surface area contributed by atoms with Crippen molar-refractivity contribution in [1.29, 1.82) is 0 Å². The zero-order valence-corrected chi connectivity index (χ0v) is 5.64. The highest BCUT2D eigenvalue weighted by Crippen LogP contribution is 2.15. The minimum atomic E-state index is -0.334. The Morgan fingerprint density at radius 1 is 1.60 bits per heavy atom. The van der Waals surface area contributed by atoms with Crippen molar-refractivity contribution in [3.8, 4) is 0 Å². The number of rotatable bonds is 1. The normalized spacial score (nSPS) is 27.5. The van der Waals surface area contributed by atoms with E-state index in [4.69, 9.17) is 10.7 Å². The maximum atomic E-state index is 9.07. The predicted octanol–water partition coefficient (Wildman–Crippen LogP) is 1.50. The molecule has 1 heterocycles. The lowest BCUT2D eigenvalue weighted by Gasteiger charge is -2.26. The van der Waals surface area contributed by atoms with Crippen LogP contribution in [0, 0.1) is 0 Å². The van der Waals surface area contributed by atoms with E-state index in [9.17, 15) is 0 Å². The first-order valence-corrected chi connectivity index (χ1v) is 3.34. The van der Waals surface area contributed by atoms with Gasteiger partial charge in [0.05, 0.1) is 0 Å². The highest BCUT2D eigenvalue weighted by molar-refractivity contribution is 4.68. The van der Waals surface area contributed by atoms with E-state index >= 15 is 0 Å². The van der Waals surface area contributed by atoms with E-state index in [1.165, 1.54) is 0 Å². The molecule has 1 saturated heterocycles. The van der Waals surface area contributed by atoms with Crippen molar-refractivity contribution in [3.63, 3.8) is 0 Å². The van der Waals surface area contributed by atoms with Gasteiger partial charge in [0.2, 0.25) is 0 Å². The molecule has 1 aliphatic heterocycles. The Morgan fingerprint density at radius 2 is 2.40 bits per heavy atom. The molecule has 0 aromatic carbocycles. The average molecular weight is 142 g/mol. The zero-order chi connectivity index (χ0) is 7.40. The standard InChI is InChI=1S/C5H10N4O/c6-8-7-5-3-1-2-4-9(5)10/h5,10H,1-4H2. The molecular weight excluding hydrogens is 132 g/mol. The molecule has 56 valence electrons. The van der Waals surface area contributed by atoms with Crippen molar-refractivity contribution in [1.82, 2.24) is 5.06 Å². The van der Waals surface area contributed by atoms with Crippen molar-refractivity contribution in [3.05, 3.63) is 10.4 Å². The van der Waals surface area contributed by atoms with Gasteiger partial charge in [0.25, 0.3) is 0 Å². The number of hydrogen-bond acceptors (Lipinski definition) is 3. The number of hydrogen-bond donors (Lipinski definition) is 1. The number of azide groups is 1. The first kappa shape index (κ1) is 7.34. The molecule has 0 amide bonds. The first-order valence-electron chi connectivity index (χ1n) is 3.34. The molecule has 1 unspecified atom stereocenters. The van der Waals surface area contributed by atoms with Crippen LogP contribution < -0.4 is 0 Å². The van der Waals surface area contributed by atoms with E-state index in [1.807, 2.05) is 0 Å². The molecule has 1 aliphatic rings. The smallest absolute Gasteiger partial charge is 0.114 e. The Morgan fingerprint density at radius 3 is 3.00 bits per heavy atom. The highest BCUT2D eigenvalue weighted by Gasteiger charge is 2.18. The molecule has 5 heteroatoms. The van der Waals surface area contributed by atoms with Crippen LogP contribution in [-0.2, 0) is 0 Å². The molecule has 0 aromatic heterocycles. The summed E-state index contributed by atoms with van der Waals surface area (Å²) in [5.41, 5.74) is 8.06. The van der Waals surface area contributed by atoms with Crippen LogP contribution in [0.5, 0.6) is 0 Å². The molecular formula is C5H10N4O. The number of nitrogens with zero attached hydrogens (tertiary/aromatic N) is 4. The lowest BCUT2D eigenvalue weighted by Crippen LogP contribution is -2.34. The van der Waals surface area contributed by atoms with Crippen LogP contribution in [0.1, 0.15) is 19.3 Å². The summed E-state index contributed by atoms with van der Waals surface area (Å²) in [6.07, 6.45) is 2.44. The van der Waals surface area contributed by atoms with Crippen LogP contribution in [0.4, 0.5) is 0 Å². The van der Waals surface area contributed by atoms with Gasteiger partial charge in [-0.2, -0.15) is 5.06 Å². The predicted molar refractivity (Wildman–Crippen MR) is 35.3 cm³/mol. The van der Waals surface area contributed by atoms with E-state index in [0.717, 1.165) is 24.3 Å². The summed E-state index contributed by atoms with van der Waals surface area (Å²) < 4.78 is 0. The summed E-state index contributed by atoms with van der Waals surface area (Å²) in [7, 11) is 0. The second-order valence-electron chi connectivity index (χ2n) is 2.34. The van der Waals surface area contributed by atoms with Crippen LogP contribution in [-0.4, -0.2) is 23.0 Å². The van der Waals surface area contributed by atoms with Gasteiger partial charge in [0, 0.05) is 11.5 Å². The van der Waals surface area contributed by atoms with Crippen LogP contribution in [0.2, 0.25) is 0 Å². The second kappa shape index (κ2) is 3.41. The van der Waals surface area contributed by atoms with Crippen LogP contribution in [0.25, 0.3) is 10.4 Å². The molecule has 0 radical (unpaired) electrons. The van der Waals surface area contributed by atoms with Gasteiger partial charge >= 0.3 is 0 Å². The molecule has 0 bridgehead atoms. The Bertz CT molecular complexity index is 154. The first-order chi connectivity index (χ1) is 4.84. The molecule has 0 aromatic rings. The quantitative estimate of drug-likeness (QED) is 0.342. The summed E-state index contributed by atoms with van der Waals surface area (Å²) in [5.74, 6) is 0. The van der Waals surface area contributed by atoms with Gasteiger partial charge in [-0.15, -0.1) is 0 Å². The fourth-order valence-electron chi connectivity index (χ4n) is 1.08. The van der Waals surface area contributed by atoms with E-state index in [0.29, 0.717) is 6.54 Å². The molecule has 0 spiro atoms. The maximum absolute atomic E-state index is 9.07. The van der Waals surface area contributed by atoms with Crippen molar-refractivity contribution in [2.45, 2.75) is 25.4 Å². The highest BCUT2D eigenvalue weighted by atomic mass is 16.5. The third kappa shape index (κ3) is 1.60. The van der Waals surface area contributed by atoms with Gasteiger partial charge < -0.3 is 5.21 Å².